The summed E-state index contributed by atoms with van der Waals surface area (Å²) in [6, 6.07) is 3.89. The van der Waals surface area contributed by atoms with Crippen LogP contribution in [0.5, 0.6) is 0 Å². The molecule has 0 radical (unpaired) electrons. The molecular formula is C12H13BrN4S. The van der Waals surface area contributed by atoms with Crippen LogP contribution in [0, 0.1) is 0 Å². The summed E-state index contributed by atoms with van der Waals surface area (Å²) in [5.74, 6) is 2.76. The summed E-state index contributed by atoms with van der Waals surface area (Å²) in [6.45, 7) is 0.761. The summed E-state index contributed by atoms with van der Waals surface area (Å²) in [5.41, 5.74) is 5.80. The molecule has 94 valence electrons. The van der Waals surface area contributed by atoms with E-state index >= 15 is 0 Å². The zero-order chi connectivity index (χ0) is 12.5. The second-order valence-corrected chi connectivity index (χ2v) is 6.31. The first-order valence-corrected chi connectivity index (χ1v) is 7.49. The predicted molar refractivity (Wildman–Crippen MR) is 77.8 cm³/mol. The standard InChI is InChI=1S/C12H13BrN4S/c13-8-3-9(18-6-8)5-15-11-4-10(14)16-12(17-11)7-1-2-7/h3-4,6-7H,1-2,5H2,(H3,14,15,16,17). The Morgan fingerprint density at radius 3 is 2.89 bits per heavy atom. The maximum atomic E-state index is 5.80. The number of anilines is 2. The number of nitrogens with two attached hydrogens (primary N) is 1. The monoisotopic (exact) mass is 324 g/mol. The molecule has 1 fully saturated rings. The molecule has 2 heterocycles. The van der Waals surface area contributed by atoms with E-state index in [9.17, 15) is 0 Å². The first kappa shape index (κ1) is 11.9. The molecule has 0 spiro atoms. The van der Waals surface area contributed by atoms with E-state index in [1.165, 1.54) is 17.7 Å². The number of aromatic nitrogens is 2. The van der Waals surface area contributed by atoms with Crippen molar-refractivity contribution < 1.29 is 0 Å². The first-order chi connectivity index (χ1) is 8.70. The minimum atomic E-state index is 0.518. The molecule has 0 atom stereocenters. The number of nitrogen functional groups attached to an aromatic ring is 1. The lowest BCUT2D eigenvalue weighted by Gasteiger charge is -2.06. The fraction of sp³-hybridized carbons (Fsp3) is 0.333. The second kappa shape index (κ2) is 4.85. The molecule has 0 aliphatic heterocycles. The van der Waals surface area contributed by atoms with Gasteiger partial charge in [0.25, 0.3) is 0 Å². The number of thiophene rings is 1. The minimum absolute atomic E-state index is 0.518. The van der Waals surface area contributed by atoms with Crippen molar-refractivity contribution in [2.75, 3.05) is 11.1 Å². The highest BCUT2D eigenvalue weighted by molar-refractivity contribution is 9.10. The molecular weight excluding hydrogens is 312 g/mol. The lowest BCUT2D eigenvalue weighted by atomic mass is 10.3. The number of rotatable bonds is 4. The van der Waals surface area contributed by atoms with Crippen molar-refractivity contribution in [1.82, 2.24) is 9.97 Å². The first-order valence-electron chi connectivity index (χ1n) is 5.82. The Bertz CT molecular complexity index is 565. The molecule has 1 aliphatic rings. The molecule has 1 aliphatic carbocycles. The zero-order valence-electron chi connectivity index (χ0n) is 9.69. The topological polar surface area (TPSA) is 63.8 Å². The molecule has 18 heavy (non-hydrogen) atoms. The van der Waals surface area contributed by atoms with Crippen LogP contribution in [0.1, 0.15) is 29.5 Å². The van der Waals surface area contributed by atoms with Crippen LogP contribution in [0.4, 0.5) is 11.6 Å². The number of hydrogen-bond donors (Lipinski definition) is 2. The lowest BCUT2D eigenvalue weighted by molar-refractivity contribution is 0.927. The van der Waals surface area contributed by atoms with Crippen molar-refractivity contribution in [1.29, 1.82) is 0 Å². The third kappa shape index (κ3) is 2.81. The summed E-state index contributed by atoms with van der Waals surface area (Å²) >= 11 is 5.16. The predicted octanol–water partition coefficient (Wildman–Crippen LogP) is 3.37. The highest BCUT2D eigenvalue weighted by Gasteiger charge is 2.27. The third-order valence-electron chi connectivity index (χ3n) is 2.77. The van der Waals surface area contributed by atoms with E-state index in [1.807, 2.05) is 0 Å². The van der Waals surface area contributed by atoms with Crippen molar-refractivity contribution in [2.45, 2.75) is 25.3 Å². The normalized spacial score (nSPS) is 14.7. The van der Waals surface area contributed by atoms with Gasteiger partial charge in [0, 0.05) is 26.7 Å². The number of hydrogen-bond acceptors (Lipinski definition) is 5. The van der Waals surface area contributed by atoms with Crippen LogP contribution >= 0.6 is 27.3 Å². The van der Waals surface area contributed by atoms with Gasteiger partial charge in [-0.25, -0.2) is 9.97 Å². The van der Waals surface area contributed by atoms with Gasteiger partial charge in [-0.2, -0.15) is 0 Å². The summed E-state index contributed by atoms with van der Waals surface area (Å²) in [4.78, 5) is 10.0. The second-order valence-electron chi connectivity index (χ2n) is 4.40. The summed E-state index contributed by atoms with van der Waals surface area (Å²) in [7, 11) is 0. The van der Waals surface area contributed by atoms with Crippen LogP contribution in [-0.2, 0) is 6.54 Å². The molecule has 0 saturated heterocycles. The van der Waals surface area contributed by atoms with Crippen molar-refractivity contribution in [3.63, 3.8) is 0 Å². The van der Waals surface area contributed by atoms with E-state index in [-0.39, 0.29) is 0 Å². The number of halogens is 1. The van der Waals surface area contributed by atoms with Crippen LogP contribution in [0.15, 0.2) is 22.0 Å². The molecule has 6 heteroatoms. The molecule has 3 rings (SSSR count). The van der Waals surface area contributed by atoms with Crippen LogP contribution < -0.4 is 11.1 Å². The van der Waals surface area contributed by atoms with E-state index in [2.05, 4.69) is 42.7 Å². The SMILES string of the molecule is Nc1cc(NCc2cc(Br)cs2)nc(C2CC2)n1. The average Bonchev–Trinajstić information content (AvgIpc) is 3.10. The Kier molecular flexibility index (Phi) is 3.22. The maximum Gasteiger partial charge on any atom is 0.136 e. The van der Waals surface area contributed by atoms with Crippen molar-refractivity contribution in [2.24, 2.45) is 0 Å². The fourth-order valence-corrected chi connectivity index (χ4v) is 3.11. The van der Waals surface area contributed by atoms with E-state index in [1.54, 1.807) is 17.4 Å². The number of nitrogens with one attached hydrogen (secondary N) is 1. The highest BCUT2D eigenvalue weighted by atomic mass is 79.9. The third-order valence-corrected chi connectivity index (χ3v) is 4.47. The van der Waals surface area contributed by atoms with E-state index in [0.717, 1.165) is 22.7 Å². The Labute approximate surface area is 118 Å². The van der Waals surface area contributed by atoms with Gasteiger partial charge >= 0.3 is 0 Å². The van der Waals surface area contributed by atoms with Gasteiger partial charge in [0.05, 0.1) is 6.54 Å². The highest BCUT2D eigenvalue weighted by Crippen LogP contribution is 2.38. The van der Waals surface area contributed by atoms with Crippen molar-refractivity contribution in [3.8, 4) is 0 Å². The minimum Gasteiger partial charge on any atom is -0.384 e. The van der Waals surface area contributed by atoms with Gasteiger partial charge in [-0.15, -0.1) is 11.3 Å². The zero-order valence-corrected chi connectivity index (χ0v) is 12.1. The molecule has 2 aromatic heterocycles. The van der Waals surface area contributed by atoms with Gasteiger partial charge in [-0.3, -0.25) is 0 Å². The molecule has 1 saturated carbocycles. The largest absolute Gasteiger partial charge is 0.384 e. The Morgan fingerprint density at radius 2 is 2.22 bits per heavy atom. The summed E-state index contributed by atoms with van der Waals surface area (Å²) in [5, 5.41) is 5.37. The molecule has 0 aromatic carbocycles. The maximum absolute atomic E-state index is 5.80. The molecule has 0 unspecified atom stereocenters. The lowest BCUT2D eigenvalue weighted by Crippen LogP contribution is -2.05. The van der Waals surface area contributed by atoms with E-state index < -0.39 is 0 Å². The molecule has 4 nitrogen and oxygen atoms in total. The number of nitrogens with zero attached hydrogens (tertiary/aromatic N) is 2. The van der Waals surface area contributed by atoms with E-state index in [0.29, 0.717) is 11.7 Å². The Morgan fingerprint density at radius 1 is 1.39 bits per heavy atom. The van der Waals surface area contributed by atoms with Crippen molar-refractivity contribution >= 4 is 38.9 Å². The molecule has 0 amide bonds. The van der Waals surface area contributed by atoms with Gasteiger partial charge < -0.3 is 11.1 Å². The molecule has 0 bridgehead atoms. The fourth-order valence-electron chi connectivity index (χ4n) is 1.72. The van der Waals surface area contributed by atoms with Crippen LogP contribution in [0.25, 0.3) is 0 Å². The van der Waals surface area contributed by atoms with Gasteiger partial charge in [-0.05, 0) is 34.8 Å². The summed E-state index contributed by atoms with van der Waals surface area (Å²) in [6.07, 6.45) is 2.36. The quantitative estimate of drug-likeness (QED) is 0.905. The van der Waals surface area contributed by atoms with Crippen LogP contribution in [0.3, 0.4) is 0 Å². The van der Waals surface area contributed by atoms with Gasteiger partial charge in [0.1, 0.15) is 17.5 Å². The van der Waals surface area contributed by atoms with Gasteiger partial charge in [0.2, 0.25) is 0 Å². The van der Waals surface area contributed by atoms with Crippen LogP contribution in [-0.4, -0.2) is 9.97 Å². The average molecular weight is 325 g/mol. The molecule has 3 N–H and O–H groups in total. The summed E-state index contributed by atoms with van der Waals surface area (Å²) < 4.78 is 1.12. The van der Waals surface area contributed by atoms with Gasteiger partial charge in [0.15, 0.2) is 0 Å². The molecule has 2 aromatic rings. The van der Waals surface area contributed by atoms with Gasteiger partial charge in [-0.1, -0.05) is 0 Å². The van der Waals surface area contributed by atoms with Crippen molar-refractivity contribution in [3.05, 3.63) is 32.7 Å². The smallest absolute Gasteiger partial charge is 0.136 e. The Hall–Kier alpha value is -1.14. The Balaban J connectivity index is 1.71. The van der Waals surface area contributed by atoms with E-state index in [4.69, 9.17) is 5.73 Å². The van der Waals surface area contributed by atoms with Crippen LogP contribution in [0.2, 0.25) is 0 Å².